The van der Waals surface area contributed by atoms with Crippen LogP contribution in [0.25, 0.3) is 33.1 Å². The molecule has 0 bridgehead atoms. The number of H-pyrrole nitrogens is 1. The van der Waals surface area contributed by atoms with Gasteiger partial charge in [-0.1, -0.05) is 36.4 Å². The fraction of sp³-hybridized carbons (Fsp3) is 0.261. The summed E-state index contributed by atoms with van der Waals surface area (Å²) in [5.41, 5.74) is 14.4. The number of para-hydroxylation sites is 1. The highest BCUT2D eigenvalue weighted by molar-refractivity contribution is 5.99. The van der Waals surface area contributed by atoms with Crippen LogP contribution in [0.1, 0.15) is 29.5 Å². The molecule has 2 aromatic carbocycles. The van der Waals surface area contributed by atoms with Gasteiger partial charge < -0.3 is 10.7 Å². The first kappa shape index (κ1) is 16.8. The van der Waals surface area contributed by atoms with Crippen LogP contribution < -0.4 is 5.73 Å². The summed E-state index contributed by atoms with van der Waals surface area (Å²) < 4.78 is 0. The first-order valence-electron chi connectivity index (χ1n) is 9.35. The SMILES string of the molecule is Cc1ccc2c(CCCCN)c(-c3cccc4cccnc34)[nH]c2c1C. The zero-order valence-corrected chi connectivity index (χ0v) is 15.5. The van der Waals surface area contributed by atoms with Crippen LogP contribution in [0.5, 0.6) is 0 Å². The number of unbranched alkanes of at least 4 members (excludes halogenated alkanes) is 1. The number of fused-ring (bicyclic) bond motifs is 2. The van der Waals surface area contributed by atoms with Crippen LogP contribution in [-0.2, 0) is 6.42 Å². The Bertz CT molecular complexity index is 1070. The van der Waals surface area contributed by atoms with Crippen LogP contribution in [0.4, 0.5) is 0 Å². The minimum atomic E-state index is 0.742. The van der Waals surface area contributed by atoms with Gasteiger partial charge in [-0.2, -0.15) is 0 Å². The number of pyridine rings is 1. The van der Waals surface area contributed by atoms with Crippen molar-refractivity contribution in [1.82, 2.24) is 9.97 Å². The fourth-order valence-corrected chi connectivity index (χ4v) is 3.81. The second-order valence-corrected chi connectivity index (χ2v) is 7.04. The molecule has 132 valence electrons. The third-order valence-electron chi connectivity index (χ3n) is 5.40. The molecule has 3 nitrogen and oxygen atoms in total. The van der Waals surface area contributed by atoms with E-state index in [9.17, 15) is 0 Å². The normalized spacial score (nSPS) is 11.5. The Labute approximate surface area is 154 Å². The van der Waals surface area contributed by atoms with Gasteiger partial charge in [0.05, 0.1) is 11.2 Å². The van der Waals surface area contributed by atoms with Gasteiger partial charge in [0.15, 0.2) is 0 Å². The molecular formula is C23H25N3. The maximum atomic E-state index is 5.73. The van der Waals surface area contributed by atoms with E-state index in [-0.39, 0.29) is 0 Å². The average molecular weight is 343 g/mol. The van der Waals surface area contributed by atoms with Crippen molar-refractivity contribution in [1.29, 1.82) is 0 Å². The summed E-state index contributed by atoms with van der Waals surface area (Å²) in [7, 11) is 0. The van der Waals surface area contributed by atoms with E-state index in [0.29, 0.717) is 0 Å². The van der Waals surface area contributed by atoms with Gasteiger partial charge in [0.2, 0.25) is 0 Å². The predicted octanol–water partition coefficient (Wildman–Crippen LogP) is 5.28. The van der Waals surface area contributed by atoms with E-state index in [4.69, 9.17) is 5.73 Å². The molecule has 0 fully saturated rings. The quantitative estimate of drug-likeness (QED) is 0.484. The van der Waals surface area contributed by atoms with Crippen molar-refractivity contribution in [2.75, 3.05) is 6.54 Å². The largest absolute Gasteiger partial charge is 0.354 e. The van der Waals surface area contributed by atoms with Crippen LogP contribution in [0, 0.1) is 13.8 Å². The highest BCUT2D eigenvalue weighted by Gasteiger charge is 2.17. The summed E-state index contributed by atoms with van der Waals surface area (Å²) in [4.78, 5) is 8.40. The van der Waals surface area contributed by atoms with Crippen molar-refractivity contribution < 1.29 is 0 Å². The number of aryl methyl sites for hydroxylation is 3. The fourth-order valence-electron chi connectivity index (χ4n) is 3.81. The number of hydrogen-bond acceptors (Lipinski definition) is 2. The molecule has 4 aromatic rings. The zero-order valence-electron chi connectivity index (χ0n) is 15.5. The summed E-state index contributed by atoms with van der Waals surface area (Å²) >= 11 is 0. The second kappa shape index (κ2) is 6.93. The third-order valence-corrected chi connectivity index (χ3v) is 5.40. The average Bonchev–Trinajstić information content (AvgIpc) is 3.04. The van der Waals surface area contributed by atoms with E-state index in [1.807, 2.05) is 12.3 Å². The summed E-state index contributed by atoms with van der Waals surface area (Å²) in [6.45, 7) is 5.11. The topological polar surface area (TPSA) is 54.7 Å². The number of benzene rings is 2. The van der Waals surface area contributed by atoms with E-state index in [0.717, 1.165) is 31.3 Å². The number of aromatic nitrogens is 2. The Morgan fingerprint density at radius 3 is 2.69 bits per heavy atom. The van der Waals surface area contributed by atoms with Gasteiger partial charge in [-0.25, -0.2) is 0 Å². The molecule has 0 aliphatic heterocycles. The minimum absolute atomic E-state index is 0.742. The number of nitrogens with zero attached hydrogens (tertiary/aromatic N) is 1. The van der Waals surface area contributed by atoms with E-state index in [1.165, 1.54) is 44.2 Å². The van der Waals surface area contributed by atoms with Gasteiger partial charge in [-0.3, -0.25) is 4.98 Å². The van der Waals surface area contributed by atoms with Gasteiger partial charge in [0, 0.05) is 28.0 Å². The molecule has 3 N–H and O–H groups in total. The Hall–Kier alpha value is -2.65. The molecule has 0 saturated carbocycles. The van der Waals surface area contributed by atoms with Crippen molar-refractivity contribution in [3.8, 4) is 11.3 Å². The molecule has 3 heteroatoms. The van der Waals surface area contributed by atoms with Crippen LogP contribution in [0.2, 0.25) is 0 Å². The number of nitrogens with two attached hydrogens (primary N) is 1. The van der Waals surface area contributed by atoms with E-state index >= 15 is 0 Å². The highest BCUT2D eigenvalue weighted by Crippen LogP contribution is 2.36. The van der Waals surface area contributed by atoms with Crippen LogP contribution in [-0.4, -0.2) is 16.5 Å². The first-order valence-corrected chi connectivity index (χ1v) is 9.35. The lowest BCUT2D eigenvalue weighted by Gasteiger charge is -2.08. The van der Waals surface area contributed by atoms with Gasteiger partial charge in [0.1, 0.15) is 0 Å². The standard InChI is InChI=1S/C23H25N3/c1-15-11-12-19-18(9-3-4-13-24)23(26-21(19)16(15)2)20-10-5-7-17-8-6-14-25-22(17)20/h5-8,10-12,14,26H,3-4,9,13,24H2,1-2H3. The number of aromatic amines is 1. The summed E-state index contributed by atoms with van der Waals surface area (Å²) in [5.74, 6) is 0. The molecule has 2 aromatic heterocycles. The Morgan fingerprint density at radius 1 is 1.00 bits per heavy atom. The first-order chi connectivity index (χ1) is 12.7. The second-order valence-electron chi connectivity index (χ2n) is 7.04. The highest BCUT2D eigenvalue weighted by atomic mass is 14.7. The minimum Gasteiger partial charge on any atom is -0.354 e. The molecule has 0 aliphatic carbocycles. The lowest BCUT2D eigenvalue weighted by atomic mass is 9.97. The summed E-state index contributed by atoms with van der Waals surface area (Å²) in [6.07, 6.45) is 5.04. The molecule has 0 aliphatic rings. The maximum Gasteiger partial charge on any atom is 0.0795 e. The molecule has 2 heterocycles. The van der Waals surface area contributed by atoms with Crippen molar-refractivity contribution in [3.05, 3.63) is 65.4 Å². The lowest BCUT2D eigenvalue weighted by Crippen LogP contribution is -1.99. The smallest absolute Gasteiger partial charge is 0.0795 e. The molecule has 0 radical (unpaired) electrons. The van der Waals surface area contributed by atoms with Crippen LogP contribution in [0.3, 0.4) is 0 Å². The molecule has 0 amide bonds. The van der Waals surface area contributed by atoms with E-state index < -0.39 is 0 Å². The zero-order chi connectivity index (χ0) is 18.1. The molecule has 26 heavy (non-hydrogen) atoms. The van der Waals surface area contributed by atoms with E-state index in [2.05, 4.69) is 60.2 Å². The monoisotopic (exact) mass is 343 g/mol. The van der Waals surface area contributed by atoms with Crippen LogP contribution in [0.15, 0.2) is 48.7 Å². The molecule has 0 saturated heterocycles. The molecular weight excluding hydrogens is 318 g/mol. The van der Waals surface area contributed by atoms with Gasteiger partial charge in [0.25, 0.3) is 0 Å². The molecule has 0 spiro atoms. The molecule has 4 rings (SSSR count). The van der Waals surface area contributed by atoms with E-state index in [1.54, 1.807) is 0 Å². The number of nitrogens with one attached hydrogen (secondary N) is 1. The van der Waals surface area contributed by atoms with Crippen LogP contribution >= 0.6 is 0 Å². The summed E-state index contributed by atoms with van der Waals surface area (Å²) in [5, 5.41) is 2.50. The number of rotatable bonds is 5. The van der Waals surface area contributed by atoms with Gasteiger partial charge in [-0.05, 0) is 62.4 Å². The Morgan fingerprint density at radius 2 is 1.85 bits per heavy atom. The predicted molar refractivity (Wildman–Crippen MR) is 111 cm³/mol. The molecule has 0 unspecified atom stereocenters. The Balaban J connectivity index is 1.98. The lowest BCUT2D eigenvalue weighted by molar-refractivity contribution is 0.748. The Kier molecular flexibility index (Phi) is 4.48. The van der Waals surface area contributed by atoms with Crippen molar-refractivity contribution in [3.63, 3.8) is 0 Å². The van der Waals surface area contributed by atoms with Crippen molar-refractivity contribution in [2.45, 2.75) is 33.1 Å². The number of hydrogen-bond donors (Lipinski definition) is 2. The van der Waals surface area contributed by atoms with Crippen molar-refractivity contribution >= 4 is 21.8 Å². The summed E-state index contributed by atoms with van der Waals surface area (Å²) in [6, 6.07) is 15.0. The molecule has 0 atom stereocenters. The third kappa shape index (κ3) is 2.78. The van der Waals surface area contributed by atoms with Gasteiger partial charge >= 0.3 is 0 Å². The van der Waals surface area contributed by atoms with Gasteiger partial charge in [-0.15, -0.1) is 0 Å². The maximum absolute atomic E-state index is 5.73. The van der Waals surface area contributed by atoms with Crippen molar-refractivity contribution in [2.24, 2.45) is 5.73 Å².